The van der Waals surface area contributed by atoms with Crippen molar-refractivity contribution in [2.75, 3.05) is 5.32 Å². The largest absolute Gasteiger partial charge is 0.328 e. The zero-order valence-corrected chi connectivity index (χ0v) is 14.1. The van der Waals surface area contributed by atoms with E-state index in [0.29, 0.717) is 6.42 Å². The average molecular weight is 352 g/mol. The first-order valence-corrected chi connectivity index (χ1v) is 8.00. The number of carbonyl (C=O) groups is 3. The van der Waals surface area contributed by atoms with Gasteiger partial charge in [-0.1, -0.05) is 12.1 Å². The molecule has 1 aliphatic heterocycles. The molecule has 3 amide bonds. The summed E-state index contributed by atoms with van der Waals surface area (Å²) < 4.78 is 0. The highest BCUT2D eigenvalue weighted by molar-refractivity contribution is 6.03. The molecule has 0 aromatic heterocycles. The third-order valence-corrected chi connectivity index (χ3v) is 4.61. The predicted molar refractivity (Wildman–Crippen MR) is 92.6 cm³/mol. The Balaban J connectivity index is 0.00000208. The van der Waals surface area contributed by atoms with Crippen LogP contribution < -0.4 is 16.4 Å². The fraction of sp³-hybridized carbons (Fsp3) is 0.471. The predicted octanol–water partition coefficient (Wildman–Crippen LogP) is 1.38. The molecule has 1 aromatic carbocycles. The van der Waals surface area contributed by atoms with Gasteiger partial charge < -0.3 is 11.1 Å². The molecule has 7 heteroatoms. The van der Waals surface area contributed by atoms with Gasteiger partial charge in [0.05, 0.1) is 5.92 Å². The van der Waals surface area contributed by atoms with Crippen LogP contribution in [-0.4, -0.2) is 23.8 Å². The van der Waals surface area contributed by atoms with Crippen molar-refractivity contribution in [2.24, 2.45) is 17.6 Å². The fourth-order valence-electron chi connectivity index (χ4n) is 3.28. The maximum atomic E-state index is 12.1. The van der Waals surface area contributed by atoms with Gasteiger partial charge in [0.1, 0.15) is 0 Å². The topological polar surface area (TPSA) is 101 Å². The van der Waals surface area contributed by atoms with Crippen molar-refractivity contribution in [1.82, 2.24) is 5.32 Å². The van der Waals surface area contributed by atoms with Crippen LogP contribution in [-0.2, 0) is 20.8 Å². The molecule has 0 spiro atoms. The molecular formula is C17H22ClN3O3. The molecular weight excluding hydrogens is 330 g/mol. The second-order valence-electron chi connectivity index (χ2n) is 6.47. The van der Waals surface area contributed by atoms with Gasteiger partial charge in [-0.05, 0) is 43.4 Å². The van der Waals surface area contributed by atoms with E-state index in [1.807, 2.05) is 24.3 Å². The zero-order valence-electron chi connectivity index (χ0n) is 13.3. The Morgan fingerprint density at radius 1 is 1.21 bits per heavy atom. The van der Waals surface area contributed by atoms with E-state index in [1.165, 1.54) is 0 Å². The normalized spacial score (nSPS) is 26.0. The van der Waals surface area contributed by atoms with Crippen molar-refractivity contribution in [3.8, 4) is 0 Å². The summed E-state index contributed by atoms with van der Waals surface area (Å²) in [6.07, 6.45) is 3.27. The smallest absolute Gasteiger partial charge is 0.230 e. The number of anilines is 1. The van der Waals surface area contributed by atoms with Gasteiger partial charge in [-0.3, -0.25) is 19.7 Å². The monoisotopic (exact) mass is 351 g/mol. The van der Waals surface area contributed by atoms with Crippen LogP contribution in [0, 0.1) is 11.8 Å². The number of hydrogen-bond donors (Lipinski definition) is 3. The number of carbonyl (C=O) groups excluding carboxylic acids is 3. The number of rotatable bonds is 4. The Hall–Kier alpha value is -1.92. The maximum Gasteiger partial charge on any atom is 0.230 e. The van der Waals surface area contributed by atoms with Gasteiger partial charge in [-0.25, -0.2) is 0 Å². The summed E-state index contributed by atoms with van der Waals surface area (Å²) in [5.74, 6) is -0.684. The van der Waals surface area contributed by atoms with Crippen LogP contribution in [0.5, 0.6) is 0 Å². The van der Waals surface area contributed by atoms with Gasteiger partial charge in [0.15, 0.2) is 0 Å². The lowest BCUT2D eigenvalue weighted by molar-refractivity contribution is -0.126. The number of benzene rings is 1. The van der Waals surface area contributed by atoms with Crippen molar-refractivity contribution in [1.29, 1.82) is 0 Å². The van der Waals surface area contributed by atoms with E-state index in [2.05, 4.69) is 10.6 Å². The summed E-state index contributed by atoms with van der Waals surface area (Å²) in [6, 6.07) is 7.56. The zero-order chi connectivity index (χ0) is 16.4. The Labute approximate surface area is 147 Å². The van der Waals surface area contributed by atoms with E-state index in [1.54, 1.807) is 0 Å². The van der Waals surface area contributed by atoms with Crippen LogP contribution in [0.3, 0.4) is 0 Å². The second-order valence-corrected chi connectivity index (χ2v) is 6.47. The number of hydrogen-bond acceptors (Lipinski definition) is 4. The van der Waals surface area contributed by atoms with E-state index < -0.39 is 0 Å². The highest BCUT2D eigenvalue weighted by Crippen LogP contribution is 2.26. The van der Waals surface area contributed by atoms with E-state index in [9.17, 15) is 14.4 Å². The SMILES string of the molecule is Cl.NC1CCC(C(=O)Nc2ccc(CC3CC(=O)NC3=O)cc2)C1. The van der Waals surface area contributed by atoms with Gasteiger partial charge in [-0.2, -0.15) is 0 Å². The van der Waals surface area contributed by atoms with E-state index in [4.69, 9.17) is 5.73 Å². The number of nitrogens with two attached hydrogens (primary N) is 1. The van der Waals surface area contributed by atoms with Crippen molar-refractivity contribution in [2.45, 2.75) is 38.1 Å². The fourth-order valence-corrected chi connectivity index (χ4v) is 3.28. The van der Waals surface area contributed by atoms with Crippen LogP contribution >= 0.6 is 12.4 Å². The van der Waals surface area contributed by atoms with Crippen molar-refractivity contribution in [3.63, 3.8) is 0 Å². The molecule has 0 bridgehead atoms. The molecule has 130 valence electrons. The Kier molecular flexibility index (Phi) is 5.96. The summed E-state index contributed by atoms with van der Waals surface area (Å²) >= 11 is 0. The lowest BCUT2D eigenvalue weighted by Crippen LogP contribution is -2.23. The lowest BCUT2D eigenvalue weighted by atomic mass is 9.98. The van der Waals surface area contributed by atoms with Crippen LogP contribution in [0.2, 0.25) is 0 Å². The molecule has 1 aromatic rings. The van der Waals surface area contributed by atoms with E-state index in [0.717, 1.165) is 30.5 Å². The van der Waals surface area contributed by atoms with Gasteiger partial charge in [0.2, 0.25) is 17.7 Å². The van der Waals surface area contributed by atoms with Crippen molar-refractivity contribution in [3.05, 3.63) is 29.8 Å². The van der Waals surface area contributed by atoms with Gasteiger partial charge in [0.25, 0.3) is 0 Å². The number of nitrogens with one attached hydrogen (secondary N) is 2. The van der Waals surface area contributed by atoms with Gasteiger partial charge in [-0.15, -0.1) is 12.4 Å². The van der Waals surface area contributed by atoms with Gasteiger partial charge >= 0.3 is 0 Å². The van der Waals surface area contributed by atoms with Crippen LogP contribution in [0.4, 0.5) is 5.69 Å². The first-order valence-electron chi connectivity index (χ1n) is 8.00. The highest BCUT2D eigenvalue weighted by atomic mass is 35.5. The van der Waals surface area contributed by atoms with Crippen LogP contribution in [0.15, 0.2) is 24.3 Å². The number of imide groups is 1. The molecule has 2 aliphatic rings. The van der Waals surface area contributed by atoms with Crippen molar-refractivity contribution >= 4 is 35.8 Å². The molecule has 4 N–H and O–H groups in total. The molecule has 1 saturated carbocycles. The Morgan fingerprint density at radius 3 is 2.46 bits per heavy atom. The first kappa shape index (κ1) is 18.4. The summed E-state index contributed by atoms with van der Waals surface area (Å²) in [6.45, 7) is 0. The molecule has 0 radical (unpaired) electrons. The molecule has 3 rings (SSSR count). The van der Waals surface area contributed by atoms with E-state index in [-0.39, 0.29) is 54.4 Å². The molecule has 3 unspecified atom stereocenters. The average Bonchev–Trinajstić information content (AvgIpc) is 3.07. The minimum absolute atomic E-state index is 0. The Morgan fingerprint density at radius 2 is 1.92 bits per heavy atom. The third-order valence-electron chi connectivity index (χ3n) is 4.61. The molecule has 1 saturated heterocycles. The molecule has 6 nitrogen and oxygen atoms in total. The summed E-state index contributed by atoms with van der Waals surface area (Å²) in [5.41, 5.74) is 7.55. The highest BCUT2D eigenvalue weighted by Gasteiger charge is 2.30. The Bertz CT molecular complexity index is 632. The molecule has 3 atom stereocenters. The minimum Gasteiger partial charge on any atom is -0.328 e. The standard InChI is InChI=1S/C17H21N3O3.ClH/c18-13-4-3-11(8-13)16(22)19-14-5-1-10(2-6-14)7-12-9-15(21)20-17(12)23;/h1-2,5-6,11-13H,3-4,7-9,18H2,(H,19,22)(H,20,21,23);1H. The summed E-state index contributed by atoms with van der Waals surface area (Å²) in [7, 11) is 0. The third kappa shape index (κ3) is 4.33. The number of amides is 3. The number of halogens is 1. The summed E-state index contributed by atoms with van der Waals surface area (Å²) in [5, 5.41) is 5.23. The molecule has 1 aliphatic carbocycles. The maximum absolute atomic E-state index is 12.1. The quantitative estimate of drug-likeness (QED) is 0.713. The summed E-state index contributed by atoms with van der Waals surface area (Å²) in [4.78, 5) is 34.9. The van der Waals surface area contributed by atoms with E-state index >= 15 is 0 Å². The molecule has 2 fully saturated rings. The minimum atomic E-state index is -0.289. The van der Waals surface area contributed by atoms with Gasteiger partial charge in [0, 0.05) is 24.1 Å². The lowest BCUT2D eigenvalue weighted by Gasteiger charge is -2.12. The second kappa shape index (κ2) is 7.77. The molecule has 1 heterocycles. The first-order chi connectivity index (χ1) is 11.0. The van der Waals surface area contributed by atoms with Crippen molar-refractivity contribution < 1.29 is 14.4 Å². The van der Waals surface area contributed by atoms with Crippen LogP contribution in [0.1, 0.15) is 31.2 Å². The molecule has 24 heavy (non-hydrogen) atoms. The van der Waals surface area contributed by atoms with Crippen LogP contribution in [0.25, 0.3) is 0 Å².